The summed E-state index contributed by atoms with van der Waals surface area (Å²) in [6, 6.07) is 9.89. The maximum Gasteiger partial charge on any atom is 0.0733 e. The lowest BCUT2D eigenvalue weighted by Gasteiger charge is -2.62. The molecule has 5 heteroatoms. The molecule has 1 aromatic carbocycles. The van der Waals surface area contributed by atoms with Crippen molar-refractivity contribution in [1.82, 2.24) is 15.1 Å². The average molecular weight is 461 g/mol. The fraction of sp³-hybridized carbons (Fsp3) is 0.655. The Morgan fingerprint density at radius 2 is 1.97 bits per heavy atom. The van der Waals surface area contributed by atoms with Gasteiger partial charge in [-0.2, -0.15) is 0 Å². The van der Waals surface area contributed by atoms with E-state index in [1.807, 2.05) is 0 Å². The molecule has 0 radical (unpaired) electrons. The van der Waals surface area contributed by atoms with Gasteiger partial charge in [-0.25, -0.2) is 0 Å². The zero-order chi connectivity index (χ0) is 23.1. The summed E-state index contributed by atoms with van der Waals surface area (Å²) in [4.78, 5) is 5.06. The van der Waals surface area contributed by atoms with E-state index in [1.54, 1.807) is 0 Å². The van der Waals surface area contributed by atoms with E-state index in [1.165, 1.54) is 49.1 Å². The summed E-state index contributed by atoms with van der Waals surface area (Å²) in [5.41, 5.74) is 10.8. The number of piperidine rings is 1. The first-order chi connectivity index (χ1) is 16.4. The second kappa shape index (κ2) is 7.42. The van der Waals surface area contributed by atoms with Gasteiger partial charge in [0.05, 0.1) is 11.1 Å². The largest absolute Gasteiger partial charge is 0.389 e. The number of likely N-dealkylation sites (N-methyl/N-ethyl adjacent to an activating group) is 1. The number of rotatable bonds is 4. The van der Waals surface area contributed by atoms with Crippen molar-refractivity contribution >= 4 is 0 Å². The van der Waals surface area contributed by atoms with Gasteiger partial charge >= 0.3 is 0 Å². The van der Waals surface area contributed by atoms with Crippen LogP contribution in [0.25, 0.3) is 0 Å². The van der Waals surface area contributed by atoms with Gasteiger partial charge in [0.2, 0.25) is 0 Å². The Bertz CT molecular complexity index is 1040. The Balaban J connectivity index is 1.18. The van der Waals surface area contributed by atoms with Crippen molar-refractivity contribution in [2.24, 2.45) is 11.7 Å². The van der Waals surface area contributed by atoms with Crippen LogP contribution in [0.15, 0.2) is 48.2 Å². The average Bonchev–Trinajstić information content (AvgIpc) is 3.16. The highest BCUT2D eigenvalue weighted by molar-refractivity contribution is 5.41. The topological polar surface area (TPSA) is 64.8 Å². The molecule has 3 heterocycles. The van der Waals surface area contributed by atoms with Gasteiger partial charge in [-0.15, -0.1) is 0 Å². The van der Waals surface area contributed by atoms with Gasteiger partial charge in [0.15, 0.2) is 0 Å². The first-order valence-corrected chi connectivity index (χ1v) is 13.6. The van der Waals surface area contributed by atoms with Crippen molar-refractivity contribution in [2.45, 2.75) is 79.5 Å². The van der Waals surface area contributed by atoms with Crippen LogP contribution in [0.3, 0.4) is 0 Å². The van der Waals surface area contributed by atoms with E-state index in [4.69, 9.17) is 5.73 Å². The molecule has 2 saturated heterocycles. The maximum absolute atomic E-state index is 11.8. The second-order valence-corrected chi connectivity index (χ2v) is 12.4. The molecule has 7 atom stereocenters. The van der Waals surface area contributed by atoms with Gasteiger partial charge in [-0.05, 0) is 87.7 Å². The molecule has 1 aromatic rings. The Hall–Kier alpha value is -1.66. The number of benzene rings is 1. The summed E-state index contributed by atoms with van der Waals surface area (Å²) in [5.74, 6) is 0.975. The number of nitrogens with zero attached hydrogens (tertiary/aromatic N) is 2. The first-order valence-electron chi connectivity index (χ1n) is 13.6. The molecule has 5 nitrogen and oxygen atoms in total. The Labute approximate surface area is 204 Å². The molecule has 3 aliphatic heterocycles. The normalized spacial score (nSPS) is 45.5. The summed E-state index contributed by atoms with van der Waals surface area (Å²) < 4.78 is 0. The van der Waals surface area contributed by atoms with Gasteiger partial charge in [0.25, 0.3) is 0 Å². The Kier molecular flexibility index (Phi) is 4.72. The summed E-state index contributed by atoms with van der Waals surface area (Å²) in [6.45, 7) is 4.40. The van der Waals surface area contributed by atoms with Crippen LogP contribution in [0, 0.1) is 5.92 Å². The van der Waals surface area contributed by atoms with Crippen molar-refractivity contribution in [3.05, 3.63) is 59.3 Å². The van der Waals surface area contributed by atoms with Crippen molar-refractivity contribution in [2.75, 3.05) is 33.2 Å². The van der Waals surface area contributed by atoms with E-state index in [9.17, 15) is 5.11 Å². The minimum atomic E-state index is -0.679. The number of hydrogen-bond donors (Lipinski definition) is 3. The molecule has 5 unspecified atom stereocenters. The van der Waals surface area contributed by atoms with Crippen LogP contribution < -0.4 is 11.1 Å². The molecule has 2 bridgehead atoms. The van der Waals surface area contributed by atoms with Crippen LogP contribution in [0.4, 0.5) is 0 Å². The second-order valence-electron chi connectivity index (χ2n) is 12.4. The van der Waals surface area contributed by atoms with E-state index in [0.717, 1.165) is 38.3 Å². The Morgan fingerprint density at radius 3 is 2.65 bits per heavy atom. The zero-order valence-electron chi connectivity index (χ0n) is 20.5. The number of fused-ring (bicyclic) bond motifs is 4. The van der Waals surface area contributed by atoms with Gasteiger partial charge in [-0.1, -0.05) is 36.4 Å². The lowest BCUT2D eigenvalue weighted by atomic mass is 9.54. The molecule has 4 saturated carbocycles. The van der Waals surface area contributed by atoms with E-state index < -0.39 is 5.60 Å². The standard InChI is InChI=1S/C29H40N4O/c1-32-12-3-5-25(32)21-4-2-13-33(18-21)28-10-11-29(34,16-26(28)30)24(15-28)20-6-8-22(9-7-20)27-14-23(27)17-31-19-27/h2,4,6-9,18,23-26,31,34H,3,5,10-17,19,30H2,1H3/t23-,24?,25?,26?,27+,28?,29?/m1/s1. The quantitative estimate of drug-likeness (QED) is 0.645. The fourth-order valence-corrected chi connectivity index (χ4v) is 8.56. The van der Waals surface area contributed by atoms with Gasteiger partial charge in [0, 0.05) is 42.7 Å². The highest BCUT2D eigenvalue weighted by Gasteiger charge is 2.60. The molecule has 6 fully saturated rings. The number of likely N-dealkylation sites (tertiary alicyclic amines) is 1. The lowest BCUT2D eigenvalue weighted by Crippen LogP contribution is -2.70. The van der Waals surface area contributed by atoms with Crippen LogP contribution in [-0.4, -0.2) is 71.4 Å². The number of nitrogens with two attached hydrogens (primary N) is 1. The number of hydrogen-bond acceptors (Lipinski definition) is 5. The van der Waals surface area contributed by atoms with Crippen LogP contribution in [0.1, 0.15) is 62.0 Å². The third kappa shape index (κ3) is 3.00. The molecule has 0 amide bonds. The molecular formula is C29H40N4O. The third-order valence-electron chi connectivity index (χ3n) is 10.8. The molecular weight excluding hydrogens is 420 g/mol. The number of nitrogens with one attached hydrogen (secondary N) is 1. The van der Waals surface area contributed by atoms with Gasteiger partial charge in [0.1, 0.15) is 0 Å². The maximum atomic E-state index is 11.8. The van der Waals surface area contributed by atoms with Crippen LogP contribution in [-0.2, 0) is 5.41 Å². The molecule has 0 aromatic heterocycles. The van der Waals surface area contributed by atoms with Crippen molar-refractivity contribution in [3.8, 4) is 0 Å². The molecule has 4 aliphatic carbocycles. The highest BCUT2D eigenvalue weighted by Crippen LogP contribution is 2.58. The lowest BCUT2D eigenvalue weighted by molar-refractivity contribution is -0.126. The van der Waals surface area contributed by atoms with E-state index in [-0.39, 0.29) is 17.5 Å². The van der Waals surface area contributed by atoms with Crippen molar-refractivity contribution in [1.29, 1.82) is 0 Å². The molecule has 34 heavy (non-hydrogen) atoms. The molecule has 0 spiro atoms. The molecule has 182 valence electrons. The molecule has 7 aliphatic rings. The predicted molar refractivity (Wildman–Crippen MR) is 136 cm³/mol. The van der Waals surface area contributed by atoms with Gasteiger partial charge in [-0.3, -0.25) is 4.90 Å². The van der Waals surface area contributed by atoms with Crippen molar-refractivity contribution < 1.29 is 5.11 Å². The number of aliphatic hydroxyl groups is 1. The van der Waals surface area contributed by atoms with Crippen LogP contribution in [0.2, 0.25) is 0 Å². The zero-order valence-corrected chi connectivity index (χ0v) is 20.5. The monoisotopic (exact) mass is 460 g/mol. The summed E-state index contributed by atoms with van der Waals surface area (Å²) >= 11 is 0. The smallest absolute Gasteiger partial charge is 0.0733 e. The van der Waals surface area contributed by atoms with Crippen LogP contribution >= 0.6 is 0 Å². The highest BCUT2D eigenvalue weighted by atomic mass is 16.3. The van der Waals surface area contributed by atoms with Crippen LogP contribution in [0.5, 0.6) is 0 Å². The minimum absolute atomic E-state index is 0.00255. The minimum Gasteiger partial charge on any atom is -0.389 e. The van der Waals surface area contributed by atoms with Gasteiger partial charge < -0.3 is 21.1 Å². The van der Waals surface area contributed by atoms with E-state index in [2.05, 4.69) is 64.8 Å². The Morgan fingerprint density at radius 1 is 1.12 bits per heavy atom. The summed E-state index contributed by atoms with van der Waals surface area (Å²) in [7, 11) is 2.25. The van der Waals surface area contributed by atoms with E-state index in [0.29, 0.717) is 17.9 Å². The predicted octanol–water partition coefficient (Wildman–Crippen LogP) is 2.87. The SMILES string of the molecule is CN1CCCC1C1=CN(C23CCC(O)(CC2N)C(c2ccc([C@]45CNC[C@H]4C5)cc2)C3)CC=C1. The fourth-order valence-electron chi connectivity index (χ4n) is 8.56. The first kappa shape index (κ1) is 21.6. The summed E-state index contributed by atoms with van der Waals surface area (Å²) in [5, 5.41) is 15.3. The molecule has 4 N–H and O–H groups in total. The molecule has 8 rings (SSSR count). The van der Waals surface area contributed by atoms with Crippen molar-refractivity contribution in [3.63, 3.8) is 0 Å². The summed E-state index contributed by atoms with van der Waals surface area (Å²) in [6.07, 6.45) is 14.4. The third-order valence-corrected chi connectivity index (χ3v) is 10.8. The van der Waals surface area contributed by atoms with E-state index >= 15 is 0 Å².